The summed E-state index contributed by atoms with van der Waals surface area (Å²) in [7, 11) is 0. The van der Waals surface area contributed by atoms with E-state index in [0.29, 0.717) is 44.2 Å². The quantitative estimate of drug-likeness (QED) is 0.415. The molecule has 0 fully saturated rings. The second-order valence-electron chi connectivity index (χ2n) is 7.79. The van der Waals surface area contributed by atoms with Crippen LogP contribution in [0.2, 0.25) is 0 Å². The summed E-state index contributed by atoms with van der Waals surface area (Å²) in [6.45, 7) is 3.85. The lowest BCUT2D eigenvalue weighted by Gasteiger charge is -2.23. The Kier molecular flexibility index (Phi) is 6.92. The summed E-state index contributed by atoms with van der Waals surface area (Å²) >= 11 is 0. The lowest BCUT2D eigenvalue weighted by Crippen LogP contribution is -2.34. The SMILES string of the molecule is Cc1ccc(-c2noc(CCN(Cc3ccco3)CC(O)Cc3ccccc3)n2)cc1. The molecule has 0 spiro atoms. The van der Waals surface area contributed by atoms with Crippen molar-refractivity contribution in [2.45, 2.75) is 32.4 Å². The third kappa shape index (κ3) is 6.13. The average Bonchev–Trinajstić information content (AvgIpc) is 3.45. The maximum absolute atomic E-state index is 10.7. The molecule has 0 saturated heterocycles. The van der Waals surface area contributed by atoms with Crippen molar-refractivity contribution in [3.8, 4) is 11.4 Å². The molecule has 6 nitrogen and oxygen atoms in total. The summed E-state index contributed by atoms with van der Waals surface area (Å²) in [4.78, 5) is 6.69. The van der Waals surface area contributed by atoms with E-state index in [1.807, 2.05) is 73.7 Å². The number of aryl methyl sites for hydroxylation is 1. The molecule has 0 saturated carbocycles. The summed E-state index contributed by atoms with van der Waals surface area (Å²) in [6, 6.07) is 21.9. The van der Waals surface area contributed by atoms with Crippen molar-refractivity contribution in [3.05, 3.63) is 95.8 Å². The number of rotatable bonds is 10. The van der Waals surface area contributed by atoms with Gasteiger partial charge in [-0.2, -0.15) is 4.98 Å². The lowest BCUT2D eigenvalue weighted by molar-refractivity contribution is 0.104. The van der Waals surface area contributed by atoms with Gasteiger partial charge >= 0.3 is 0 Å². The minimum Gasteiger partial charge on any atom is -0.468 e. The first kappa shape index (κ1) is 21.0. The van der Waals surface area contributed by atoms with Crippen LogP contribution in [0, 0.1) is 6.92 Å². The number of nitrogens with zero attached hydrogens (tertiary/aromatic N) is 3. The van der Waals surface area contributed by atoms with E-state index in [1.54, 1.807) is 6.26 Å². The zero-order valence-corrected chi connectivity index (χ0v) is 17.6. The Hall–Kier alpha value is -3.22. The third-order valence-electron chi connectivity index (χ3n) is 5.16. The van der Waals surface area contributed by atoms with Crippen LogP contribution in [0.1, 0.15) is 22.8 Å². The van der Waals surface area contributed by atoms with Crippen LogP contribution in [0.4, 0.5) is 0 Å². The van der Waals surface area contributed by atoms with Gasteiger partial charge in [0.25, 0.3) is 0 Å². The topological polar surface area (TPSA) is 75.5 Å². The van der Waals surface area contributed by atoms with Crippen LogP contribution in [0.5, 0.6) is 0 Å². The molecule has 4 aromatic rings. The molecule has 2 heterocycles. The largest absolute Gasteiger partial charge is 0.468 e. The third-order valence-corrected chi connectivity index (χ3v) is 5.16. The smallest absolute Gasteiger partial charge is 0.228 e. The number of aromatic nitrogens is 2. The van der Waals surface area contributed by atoms with Crippen LogP contribution in [0.25, 0.3) is 11.4 Å². The predicted octanol–water partition coefficient (Wildman–Crippen LogP) is 4.29. The van der Waals surface area contributed by atoms with Gasteiger partial charge in [0.15, 0.2) is 0 Å². The van der Waals surface area contributed by atoms with Gasteiger partial charge in [-0.15, -0.1) is 0 Å². The summed E-state index contributed by atoms with van der Waals surface area (Å²) in [5.74, 6) is 2.03. The van der Waals surface area contributed by atoms with Crippen LogP contribution in [-0.4, -0.2) is 39.3 Å². The summed E-state index contributed by atoms with van der Waals surface area (Å²) in [5.41, 5.74) is 3.24. The molecule has 6 heteroatoms. The van der Waals surface area contributed by atoms with E-state index in [2.05, 4.69) is 15.0 Å². The fraction of sp³-hybridized carbons (Fsp3) is 0.280. The van der Waals surface area contributed by atoms with Gasteiger partial charge in [-0.05, 0) is 31.0 Å². The molecule has 0 aliphatic carbocycles. The number of aliphatic hydroxyl groups excluding tert-OH is 1. The highest BCUT2D eigenvalue weighted by atomic mass is 16.5. The highest BCUT2D eigenvalue weighted by molar-refractivity contribution is 5.54. The second-order valence-corrected chi connectivity index (χ2v) is 7.79. The van der Waals surface area contributed by atoms with E-state index in [-0.39, 0.29) is 0 Å². The van der Waals surface area contributed by atoms with E-state index >= 15 is 0 Å². The highest BCUT2D eigenvalue weighted by Gasteiger charge is 2.16. The number of hydrogen-bond donors (Lipinski definition) is 1. The summed E-state index contributed by atoms with van der Waals surface area (Å²) in [5, 5.41) is 14.8. The minimum atomic E-state index is -0.483. The Labute approximate surface area is 182 Å². The van der Waals surface area contributed by atoms with Gasteiger partial charge in [-0.1, -0.05) is 65.3 Å². The average molecular weight is 418 g/mol. The monoisotopic (exact) mass is 417 g/mol. The molecule has 1 N–H and O–H groups in total. The van der Waals surface area contributed by atoms with Crippen LogP contribution >= 0.6 is 0 Å². The number of benzene rings is 2. The van der Waals surface area contributed by atoms with Gasteiger partial charge < -0.3 is 14.0 Å². The molecular formula is C25H27N3O3. The Morgan fingerprint density at radius 3 is 2.55 bits per heavy atom. The van der Waals surface area contributed by atoms with E-state index in [0.717, 1.165) is 16.9 Å². The zero-order valence-electron chi connectivity index (χ0n) is 17.6. The standard InChI is InChI=1S/C25H27N3O3/c1-19-9-11-21(12-10-19)25-26-24(31-27-25)13-14-28(18-23-8-5-15-30-23)17-22(29)16-20-6-3-2-4-7-20/h2-12,15,22,29H,13-14,16-18H2,1H3. The van der Waals surface area contributed by atoms with E-state index in [1.165, 1.54) is 5.56 Å². The molecule has 31 heavy (non-hydrogen) atoms. The zero-order chi connectivity index (χ0) is 21.5. The minimum absolute atomic E-state index is 0.483. The molecule has 0 bridgehead atoms. The first-order valence-electron chi connectivity index (χ1n) is 10.5. The Bertz CT molecular complexity index is 1040. The van der Waals surface area contributed by atoms with Crippen LogP contribution in [0.3, 0.4) is 0 Å². The van der Waals surface area contributed by atoms with Crippen molar-refractivity contribution < 1.29 is 14.0 Å². The van der Waals surface area contributed by atoms with E-state index in [9.17, 15) is 5.11 Å². The van der Waals surface area contributed by atoms with Crippen LogP contribution in [-0.2, 0) is 19.4 Å². The van der Waals surface area contributed by atoms with Gasteiger partial charge in [-0.25, -0.2) is 0 Å². The van der Waals surface area contributed by atoms with Gasteiger partial charge in [0.1, 0.15) is 5.76 Å². The number of furan rings is 1. The molecule has 0 aliphatic rings. The van der Waals surface area contributed by atoms with Crippen molar-refractivity contribution in [3.63, 3.8) is 0 Å². The van der Waals surface area contributed by atoms with Crippen molar-refractivity contribution in [2.75, 3.05) is 13.1 Å². The maximum Gasteiger partial charge on any atom is 0.228 e. The maximum atomic E-state index is 10.7. The number of hydrogen-bond acceptors (Lipinski definition) is 6. The Morgan fingerprint density at radius 2 is 1.81 bits per heavy atom. The molecular weight excluding hydrogens is 390 g/mol. The highest BCUT2D eigenvalue weighted by Crippen LogP contribution is 2.17. The molecule has 2 aromatic carbocycles. The Morgan fingerprint density at radius 1 is 1.00 bits per heavy atom. The second kappa shape index (κ2) is 10.2. The normalized spacial score (nSPS) is 12.4. The first-order chi connectivity index (χ1) is 15.2. The summed E-state index contributed by atoms with van der Waals surface area (Å²) < 4.78 is 11.0. The van der Waals surface area contributed by atoms with Crippen molar-refractivity contribution in [2.24, 2.45) is 0 Å². The van der Waals surface area contributed by atoms with Crippen LogP contribution < -0.4 is 0 Å². The van der Waals surface area contributed by atoms with Crippen molar-refractivity contribution >= 4 is 0 Å². The molecule has 160 valence electrons. The molecule has 2 aromatic heterocycles. The molecule has 1 atom stereocenters. The van der Waals surface area contributed by atoms with Crippen molar-refractivity contribution in [1.29, 1.82) is 0 Å². The molecule has 1 unspecified atom stereocenters. The van der Waals surface area contributed by atoms with E-state index < -0.39 is 6.10 Å². The fourth-order valence-electron chi connectivity index (χ4n) is 3.54. The molecule has 0 amide bonds. The predicted molar refractivity (Wildman–Crippen MR) is 118 cm³/mol. The molecule has 0 radical (unpaired) electrons. The van der Waals surface area contributed by atoms with Crippen LogP contribution in [0.15, 0.2) is 81.9 Å². The van der Waals surface area contributed by atoms with E-state index in [4.69, 9.17) is 8.94 Å². The first-order valence-corrected chi connectivity index (χ1v) is 10.5. The lowest BCUT2D eigenvalue weighted by atomic mass is 10.1. The van der Waals surface area contributed by atoms with Gasteiger partial charge in [-0.3, -0.25) is 4.90 Å². The fourth-order valence-corrected chi connectivity index (χ4v) is 3.54. The molecule has 4 rings (SSSR count). The molecule has 0 aliphatic heterocycles. The van der Waals surface area contributed by atoms with Crippen molar-refractivity contribution in [1.82, 2.24) is 15.0 Å². The van der Waals surface area contributed by atoms with Gasteiger partial charge in [0.05, 0.1) is 18.9 Å². The van der Waals surface area contributed by atoms with Gasteiger partial charge in [0.2, 0.25) is 11.7 Å². The number of aliphatic hydroxyl groups is 1. The Balaban J connectivity index is 1.38. The summed E-state index contributed by atoms with van der Waals surface area (Å²) in [6.07, 6.45) is 2.38. The van der Waals surface area contributed by atoms with Gasteiger partial charge in [0, 0.05) is 25.1 Å².